The molecule has 2 aliphatic carbocycles. The van der Waals surface area contributed by atoms with Gasteiger partial charge < -0.3 is 9.80 Å². The fourth-order valence-electron chi connectivity index (χ4n) is 12.5. The van der Waals surface area contributed by atoms with Gasteiger partial charge in [-0.3, -0.25) is 0 Å². The van der Waals surface area contributed by atoms with E-state index in [0.717, 1.165) is 47.0 Å². The monoisotopic (exact) mass is 1020 g/mol. The number of unbranched alkanes of at least 4 members (excludes halogenated alkanes) is 2. The summed E-state index contributed by atoms with van der Waals surface area (Å²) in [6, 6.07) is 91.7. The summed E-state index contributed by atoms with van der Waals surface area (Å²) in [6.07, 6.45) is 6.96. The molecule has 0 aliphatic heterocycles. The van der Waals surface area contributed by atoms with Gasteiger partial charge in [-0.05, 0) is 214 Å². The first-order valence-electron chi connectivity index (χ1n) is 28.1. The zero-order valence-corrected chi connectivity index (χ0v) is 46.0. The van der Waals surface area contributed by atoms with Crippen molar-refractivity contribution in [3.05, 3.63) is 286 Å². The third-order valence-electron chi connectivity index (χ3n) is 16.5. The second-order valence-corrected chi connectivity index (χ2v) is 22.7. The van der Waals surface area contributed by atoms with Crippen molar-refractivity contribution in [1.29, 1.82) is 0 Å². The molecular weight excluding hydrogens is 961 g/mol. The van der Waals surface area contributed by atoms with E-state index in [9.17, 15) is 0 Å². The molecule has 2 aliphatic rings. The molecule has 0 unspecified atom stereocenters. The molecule has 0 fully saturated rings. The van der Waals surface area contributed by atoms with Crippen LogP contribution in [-0.4, -0.2) is 0 Å². The fraction of sp³-hybridized carbons (Fsp3) is 0.147. The quantitative estimate of drug-likeness (QED) is 0.101. The Morgan fingerprint density at radius 3 is 1.14 bits per heavy atom. The van der Waals surface area contributed by atoms with Crippen LogP contribution in [0.4, 0.5) is 34.1 Å². The summed E-state index contributed by atoms with van der Waals surface area (Å²) in [7, 11) is 0. The number of fused-ring (bicyclic) bond motifs is 10. The molecule has 1 aromatic heterocycles. The highest BCUT2D eigenvalue weighted by Gasteiger charge is 2.51. The van der Waals surface area contributed by atoms with Gasteiger partial charge in [-0.1, -0.05) is 184 Å². The van der Waals surface area contributed by atoms with Crippen LogP contribution in [0, 0.1) is 13.8 Å². The Balaban J connectivity index is 0.823. The van der Waals surface area contributed by atoms with Crippen molar-refractivity contribution in [2.45, 2.75) is 71.6 Å². The van der Waals surface area contributed by atoms with Gasteiger partial charge in [0.05, 0.1) is 5.41 Å². The number of thiophene rings is 1. The highest BCUT2D eigenvalue weighted by Crippen LogP contribution is 2.63. The molecule has 0 bridgehead atoms. The van der Waals surface area contributed by atoms with Crippen LogP contribution in [0.15, 0.2) is 243 Å². The van der Waals surface area contributed by atoms with Gasteiger partial charge >= 0.3 is 0 Å². The van der Waals surface area contributed by atoms with Crippen molar-refractivity contribution in [2.24, 2.45) is 0 Å². The lowest BCUT2D eigenvalue weighted by Crippen LogP contribution is -2.26. The Morgan fingerprint density at radius 1 is 0.333 bits per heavy atom. The Kier molecular flexibility index (Phi) is 13.1. The first-order valence-corrected chi connectivity index (χ1v) is 28.9. The lowest BCUT2D eigenvalue weighted by atomic mass is 9.70. The number of nitrogens with zero attached hydrogens (tertiary/aromatic N) is 2. The first-order chi connectivity index (χ1) is 38.4. The molecular formula is C75H64N2S. The van der Waals surface area contributed by atoms with Crippen molar-refractivity contribution in [1.82, 2.24) is 0 Å². The minimum atomic E-state index is -0.383. The number of benzene rings is 10. The largest absolute Gasteiger partial charge is 0.311 e. The van der Waals surface area contributed by atoms with Crippen molar-refractivity contribution >= 4 is 45.5 Å². The molecule has 3 heteroatoms. The topological polar surface area (TPSA) is 6.48 Å². The summed E-state index contributed by atoms with van der Waals surface area (Å²) >= 11 is 1.84. The SMILES string of the molecule is CCCCc1ccc(N(c2ccc(-c3ccc(N(c4ccc(CCCC)cc4)c4ccc(-c5ccc(C)s5)cc4)cc3)cc2)c2ccc(-c3ccc4c(c3)C3(c5ccccc5-c5ccccc53)c3cc(C)ccc3-4)cc2)cc1. The Labute approximate surface area is 465 Å². The van der Waals surface area contributed by atoms with Gasteiger partial charge in [0, 0.05) is 43.9 Å². The summed E-state index contributed by atoms with van der Waals surface area (Å²) in [5, 5.41) is 0. The van der Waals surface area contributed by atoms with Gasteiger partial charge in [-0.2, -0.15) is 0 Å². The predicted octanol–water partition coefficient (Wildman–Crippen LogP) is 21.3. The summed E-state index contributed by atoms with van der Waals surface area (Å²) in [5.74, 6) is 0. The van der Waals surface area contributed by atoms with Crippen LogP contribution in [0.25, 0.3) is 54.9 Å². The minimum absolute atomic E-state index is 0.383. The summed E-state index contributed by atoms with van der Waals surface area (Å²) in [5.41, 5.74) is 27.3. The molecule has 0 saturated heterocycles. The smallest absolute Gasteiger partial charge is 0.0725 e. The molecule has 0 N–H and O–H groups in total. The molecule has 10 aromatic carbocycles. The number of anilines is 6. The van der Waals surface area contributed by atoms with Crippen LogP contribution in [0.3, 0.4) is 0 Å². The third kappa shape index (κ3) is 8.77. The van der Waals surface area contributed by atoms with Crippen LogP contribution in [-0.2, 0) is 18.3 Å². The van der Waals surface area contributed by atoms with E-state index >= 15 is 0 Å². The van der Waals surface area contributed by atoms with Crippen molar-refractivity contribution in [3.8, 4) is 54.9 Å². The van der Waals surface area contributed by atoms with Crippen LogP contribution in [0.2, 0.25) is 0 Å². The van der Waals surface area contributed by atoms with E-state index in [-0.39, 0.29) is 5.41 Å². The Hall–Kier alpha value is -8.50. The molecule has 1 spiro atoms. The third-order valence-corrected chi connectivity index (χ3v) is 17.5. The Morgan fingerprint density at radius 2 is 0.705 bits per heavy atom. The van der Waals surface area contributed by atoms with Crippen LogP contribution in [0.1, 0.15) is 83.4 Å². The van der Waals surface area contributed by atoms with Gasteiger partial charge in [-0.25, -0.2) is 0 Å². The normalized spacial score (nSPS) is 12.5. The molecule has 0 saturated carbocycles. The summed E-state index contributed by atoms with van der Waals surface area (Å²) < 4.78 is 0. The van der Waals surface area contributed by atoms with E-state index in [2.05, 4.69) is 280 Å². The van der Waals surface area contributed by atoms with Gasteiger partial charge in [-0.15, -0.1) is 11.3 Å². The molecule has 13 rings (SSSR count). The zero-order chi connectivity index (χ0) is 52.7. The molecule has 0 amide bonds. The molecule has 380 valence electrons. The molecule has 78 heavy (non-hydrogen) atoms. The highest BCUT2D eigenvalue weighted by atomic mass is 32.1. The average molecular weight is 1030 g/mol. The van der Waals surface area contributed by atoms with E-state index in [4.69, 9.17) is 0 Å². The fourth-order valence-corrected chi connectivity index (χ4v) is 13.4. The lowest BCUT2D eigenvalue weighted by Gasteiger charge is -2.31. The number of aryl methyl sites for hydroxylation is 4. The van der Waals surface area contributed by atoms with Crippen LogP contribution >= 0.6 is 11.3 Å². The zero-order valence-electron chi connectivity index (χ0n) is 45.1. The summed E-state index contributed by atoms with van der Waals surface area (Å²) in [4.78, 5) is 7.41. The molecule has 0 atom stereocenters. The van der Waals surface area contributed by atoms with E-state index in [1.54, 1.807) is 0 Å². The second-order valence-electron chi connectivity index (χ2n) is 21.5. The number of rotatable bonds is 15. The maximum absolute atomic E-state index is 2.49. The predicted molar refractivity (Wildman–Crippen MR) is 333 cm³/mol. The minimum Gasteiger partial charge on any atom is -0.311 e. The second kappa shape index (κ2) is 20.8. The van der Waals surface area contributed by atoms with Gasteiger partial charge in [0.1, 0.15) is 0 Å². The van der Waals surface area contributed by atoms with Crippen LogP contribution < -0.4 is 9.80 Å². The average Bonchev–Trinajstić information content (AvgIpc) is 3.48. The standard InChI is InChI=1S/C75H64N2S/c1-5-7-13-53-21-34-60(35-22-53)76(64-42-29-57(30-43-64)59-33-47-69-68-46-19-51(3)49-72(68)75(73(69)50-59)70-17-11-9-15-66(70)67-16-10-12-18-71(67)75)62-38-25-55(26-39-62)56-27-40-63(41-28-56)77(61-36-23-54(24-37-61)14-8-6-2)65-44-31-58(32-45-65)74-48-20-52(4)78-74/h9-12,15-50H,5-8,13-14H2,1-4H3. The van der Waals surface area contributed by atoms with Gasteiger partial charge in [0.15, 0.2) is 0 Å². The maximum atomic E-state index is 2.49. The molecule has 1 heterocycles. The van der Waals surface area contributed by atoms with Gasteiger partial charge in [0.2, 0.25) is 0 Å². The summed E-state index contributed by atoms with van der Waals surface area (Å²) in [6.45, 7) is 8.92. The molecule has 0 radical (unpaired) electrons. The molecule has 11 aromatic rings. The van der Waals surface area contributed by atoms with Crippen molar-refractivity contribution in [3.63, 3.8) is 0 Å². The van der Waals surface area contributed by atoms with E-state index in [0.29, 0.717) is 0 Å². The highest BCUT2D eigenvalue weighted by molar-refractivity contribution is 7.15. The van der Waals surface area contributed by atoms with E-state index in [1.807, 2.05) is 11.3 Å². The van der Waals surface area contributed by atoms with E-state index < -0.39 is 0 Å². The molecule has 2 nitrogen and oxygen atoms in total. The first kappa shape index (κ1) is 49.1. The van der Waals surface area contributed by atoms with E-state index in [1.165, 1.54) is 124 Å². The number of hydrogen-bond donors (Lipinski definition) is 0. The maximum Gasteiger partial charge on any atom is 0.0725 e. The van der Waals surface area contributed by atoms with Crippen molar-refractivity contribution in [2.75, 3.05) is 9.80 Å². The lowest BCUT2D eigenvalue weighted by molar-refractivity contribution is 0.793. The Bertz CT molecular complexity index is 3870. The number of hydrogen-bond acceptors (Lipinski definition) is 3. The van der Waals surface area contributed by atoms with Crippen LogP contribution in [0.5, 0.6) is 0 Å². The van der Waals surface area contributed by atoms with Gasteiger partial charge in [0.25, 0.3) is 0 Å². The van der Waals surface area contributed by atoms with Crippen molar-refractivity contribution < 1.29 is 0 Å².